The van der Waals surface area contributed by atoms with Gasteiger partial charge in [0.25, 0.3) is 0 Å². The van der Waals surface area contributed by atoms with Gasteiger partial charge in [-0.3, -0.25) is 62.3 Å². The monoisotopic (exact) mass is 1440 g/mol. The van der Waals surface area contributed by atoms with Crippen LogP contribution in [0.5, 0.6) is 23.0 Å². The van der Waals surface area contributed by atoms with Crippen molar-refractivity contribution in [1.82, 2.24) is 58.1 Å². The summed E-state index contributed by atoms with van der Waals surface area (Å²) in [6.07, 6.45) is -2.74. The van der Waals surface area contributed by atoms with Crippen molar-refractivity contribution in [3.63, 3.8) is 0 Å². The number of thiol groups is 2. The van der Waals surface area contributed by atoms with E-state index >= 15 is 0 Å². The summed E-state index contributed by atoms with van der Waals surface area (Å²) in [5.74, 6) is -16.7. The van der Waals surface area contributed by atoms with E-state index in [0.29, 0.717) is 28.7 Å². The number of carboxylic acid groups (broad SMARTS) is 3. The molecule has 0 spiro atoms. The van der Waals surface area contributed by atoms with Crippen LogP contribution in [0.2, 0.25) is 0 Å². The Morgan fingerprint density at radius 3 is 1.18 bits per heavy atom. The van der Waals surface area contributed by atoms with Gasteiger partial charge in [-0.15, -0.1) is 0 Å². The lowest BCUT2D eigenvalue weighted by Crippen LogP contribution is -2.61. The van der Waals surface area contributed by atoms with E-state index in [-0.39, 0.29) is 86.0 Å². The van der Waals surface area contributed by atoms with Crippen molar-refractivity contribution in [2.75, 3.05) is 18.1 Å². The number of benzene rings is 4. The molecule has 34 heteroatoms. The van der Waals surface area contributed by atoms with Crippen LogP contribution in [-0.2, 0) is 92.8 Å². The van der Waals surface area contributed by atoms with Crippen LogP contribution >= 0.6 is 25.3 Å². The molecule has 1 aliphatic rings. The van der Waals surface area contributed by atoms with Crippen molar-refractivity contribution < 1.29 is 103 Å². The second-order valence-corrected chi connectivity index (χ2v) is 24.9. The van der Waals surface area contributed by atoms with E-state index in [1.54, 1.807) is 13.8 Å². The topological polar surface area (TPSA) is 504 Å². The lowest BCUT2D eigenvalue weighted by atomic mass is 9.97. The number of hydrogen-bond acceptors (Lipinski definition) is 20. The highest BCUT2D eigenvalue weighted by Gasteiger charge is 2.42. The minimum atomic E-state index is -1.88. The molecule has 0 saturated carbocycles. The first-order valence-electron chi connectivity index (χ1n) is 32.1. The summed E-state index contributed by atoms with van der Waals surface area (Å²) >= 11 is 8.22. The maximum Gasteiger partial charge on any atom is 0.327 e. The minimum Gasteiger partial charge on any atom is -0.508 e. The molecule has 12 atom stereocenters. The highest BCUT2D eigenvalue weighted by molar-refractivity contribution is 7.80. The average Bonchev–Trinajstić information content (AvgIpc) is 1.47. The standard InChI is InChI=1S/C67H85N11O21S2/c1-5-34(2)56(77-58(89)45(69-36(4)79)24-25-54(84)85)65(96)75-51(32-100)63(94)68-35(3)57(88)74-50(31-55(86)87)66(97)78-26-6-7-53(78)64(95)73-49(30-40-14-22-44(83)23-15-40)61(92)71-47(28-38-10-18-42(81)19-11-38)59(90)70-46(27-37-8-16-41(80)17-9-37)60(91)72-48(29-39-12-20-43(82)21-13-39)62(93)76-52(33-101)67(98)99/h8-23,34-35,45-53,56,80-83,100-101H,5-7,24-33H2,1-4H3,(H,68,94)(H,69,79)(H,70,90)(H,71,92)(H,72,91)(H,73,95)(H,74,88)(H,75,96)(H,76,93)(H,77,89)(H,84,85)(H,86,87)(H,98,99)/t34-,35-,45-,46-,47-,48-,49-,50-,51-,52-,53-,56-/m0/s1. The van der Waals surface area contributed by atoms with Gasteiger partial charge in [0.1, 0.15) is 89.5 Å². The van der Waals surface area contributed by atoms with Crippen LogP contribution in [-0.4, -0.2) is 208 Å². The normalized spacial score (nSPS) is 15.8. The molecule has 101 heavy (non-hydrogen) atoms. The number of nitrogens with zero attached hydrogens (tertiary/aromatic N) is 1. The van der Waals surface area contributed by atoms with Gasteiger partial charge in [0.15, 0.2) is 0 Å². The van der Waals surface area contributed by atoms with Crippen molar-refractivity contribution >= 4 is 108 Å². The molecule has 4 aromatic rings. The zero-order valence-corrected chi connectivity index (χ0v) is 57.3. The third-order valence-corrected chi connectivity index (χ3v) is 17.1. The van der Waals surface area contributed by atoms with E-state index in [4.69, 9.17) is 0 Å². The molecule has 17 N–H and O–H groups in total. The molecule has 1 fully saturated rings. The second kappa shape index (κ2) is 39.2. The maximum atomic E-state index is 15.0. The van der Waals surface area contributed by atoms with E-state index in [9.17, 15) is 103 Å². The molecule has 32 nitrogen and oxygen atoms in total. The van der Waals surface area contributed by atoms with Gasteiger partial charge in [-0.2, -0.15) is 25.3 Å². The number of amides is 11. The van der Waals surface area contributed by atoms with Crippen molar-refractivity contribution in [1.29, 1.82) is 0 Å². The number of carboxylic acids is 3. The summed E-state index contributed by atoms with van der Waals surface area (Å²) in [4.78, 5) is 191. The summed E-state index contributed by atoms with van der Waals surface area (Å²) in [6, 6.07) is 5.02. The van der Waals surface area contributed by atoms with Gasteiger partial charge >= 0.3 is 17.9 Å². The van der Waals surface area contributed by atoms with E-state index in [1.165, 1.54) is 104 Å². The summed E-state index contributed by atoms with van der Waals surface area (Å²) in [5.41, 5.74) is 1.46. The van der Waals surface area contributed by atoms with Crippen LogP contribution in [0.3, 0.4) is 0 Å². The zero-order valence-electron chi connectivity index (χ0n) is 55.5. The zero-order chi connectivity index (χ0) is 74.8. The number of carbonyl (C=O) groups excluding carboxylic acids is 11. The quantitative estimate of drug-likeness (QED) is 0.0239. The Morgan fingerprint density at radius 1 is 0.446 bits per heavy atom. The molecule has 0 unspecified atom stereocenters. The molecule has 1 heterocycles. The number of aliphatic carboxylic acids is 3. The van der Waals surface area contributed by atoms with Gasteiger partial charge in [-0.05, 0) is 103 Å². The first kappa shape index (κ1) is 81.0. The van der Waals surface area contributed by atoms with E-state index in [0.717, 1.165) is 11.8 Å². The molecule has 0 aliphatic carbocycles. The Hall–Kier alpha value is -10.6. The van der Waals surface area contributed by atoms with Crippen molar-refractivity contribution in [2.24, 2.45) is 5.92 Å². The Kier molecular flexibility index (Phi) is 31.5. The molecule has 0 radical (unpaired) electrons. The summed E-state index contributed by atoms with van der Waals surface area (Å²) in [7, 11) is 0. The van der Waals surface area contributed by atoms with Crippen LogP contribution < -0.4 is 53.2 Å². The number of phenols is 4. The first-order valence-corrected chi connectivity index (χ1v) is 33.4. The van der Waals surface area contributed by atoms with E-state index in [1.807, 2.05) is 0 Å². The molecular formula is C67H85N11O21S2. The number of nitrogens with one attached hydrogen (secondary N) is 10. The van der Waals surface area contributed by atoms with Gasteiger partial charge in [-0.1, -0.05) is 68.8 Å². The molecule has 546 valence electrons. The van der Waals surface area contributed by atoms with Crippen molar-refractivity contribution in [2.45, 2.75) is 158 Å². The summed E-state index contributed by atoms with van der Waals surface area (Å²) < 4.78 is 0. The summed E-state index contributed by atoms with van der Waals surface area (Å²) in [5, 5.41) is 94.3. The number of carbonyl (C=O) groups is 14. The summed E-state index contributed by atoms with van der Waals surface area (Å²) in [6.45, 7) is 5.43. The van der Waals surface area contributed by atoms with Gasteiger partial charge in [0.05, 0.1) is 6.42 Å². The lowest BCUT2D eigenvalue weighted by molar-refractivity contribution is -0.146. The third-order valence-electron chi connectivity index (χ3n) is 16.4. The Labute approximate surface area is 591 Å². The van der Waals surface area contributed by atoms with Gasteiger partial charge in [0, 0.05) is 57.1 Å². The molecule has 5 rings (SSSR count). The van der Waals surface area contributed by atoms with Gasteiger partial charge in [0.2, 0.25) is 65.0 Å². The van der Waals surface area contributed by atoms with Crippen LogP contribution in [0, 0.1) is 5.92 Å². The number of rotatable bonds is 38. The van der Waals surface area contributed by atoms with E-state index in [2.05, 4.69) is 78.4 Å². The fourth-order valence-corrected chi connectivity index (χ4v) is 11.1. The Morgan fingerprint density at radius 2 is 0.812 bits per heavy atom. The molecule has 4 aromatic carbocycles. The average molecular weight is 1440 g/mol. The molecule has 0 aromatic heterocycles. The van der Waals surface area contributed by atoms with Crippen LogP contribution in [0.25, 0.3) is 0 Å². The fourth-order valence-electron chi connectivity index (χ4n) is 10.6. The SMILES string of the molecule is CC[C@H](C)[C@H](NC(=O)[C@H](CCC(=O)O)NC(C)=O)C(=O)N[C@@H](CS)C(=O)N[C@@H](C)C(=O)N[C@@H](CC(=O)O)C(=O)N1CCC[C@H]1C(=O)N[C@@H](Cc1ccc(O)cc1)C(=O)N[C@@H](Cc1ccc(O)cc1)C(=O)N[C@@H](Cc1ccc(O)cc1)C(=O)N[C@@H](Cc1ccc(O)cc1)C(=O)N[C@@H](CS)C(=O)O. The number of hydrogen-bond donors (Lipinski definition) is 19. The largest absolute Gasteiger partial charge is 0.508 e. The maximum absolute atomic E-state index is 15.0. The molecular weight excluding hydrogens is 1360 g/mol. The Bertz CT molecular complexity index is 3610. The minimum absolute atomic E-state index is 0.0620. The van der Waals surface area contributed by atoms with Crippen LogP contribution in [0.4, 0.5) is 0 Å². The Balaban J connectivity index is 1.39. The van der Waals surface area contributed by atoms with Crippen LogP contribution in [0.1, 0.15) is 88.5 Å². The second-order valence-electron chi connectivity index (χ2n) is 24.2. The highest BCUT2D eigenvalue weighted by atomic mass is 32.1. The fraction of sp³-hybridized carbons (Fsp3) is 0.433. The van der Waals surface area contributed by atoms with Crippen molar-refractivity contribution in [3.8, 4) is 23.0 Å². The predicted octanol–water partition coefficient (Wildman–Crippen LogP) is -1.01. The molecule has 11 amide bonds. The molecule has 1 saturated heterocycles. The lowest BCUT2D eigenvalue weighted by Gasteiger charge is -2.30. The molecule has 0 bridgehead atoms. The first-order chi connectivity index (χ1) is 47.8. The predicted molar refractivity (Wildman–Crippen MR) is 367 cm³/mol. The van der Waals surface area contributed by atoms with Gasteiger partial charge < -0.3 is 93.8 Å². The van der Waals surface area contributed by atoms with E-state index < -0.39 is 168 Å². The van der Waals surface area contributed by atoms with Crippen LogP contribution in [0.15, 0.2) is 97.1 Å². The highest BCUT2D eigenvalue weighted by Crippen LogP contribution is 2.22. The number of phenolic OH excluding ortho intramolecular Hbond substituents is 4. The number of aromatic hydroxyl groups is 4. The third kappa shape index (κ3) is 25.9. The molecule has 1 aliphatic heterocycles. The smallest absolute Gasteiger partial charge is 0.327 e. The van der Waals surface area contributed by atoms with Crippen molar-refractivity contribution in [3.05, 3.63) is 119 Å². The van der Waals surface area contributed by atoms with Gasteiger partial charge in [-0.25, -0.2) is 4.79 Å². The number of likely N-dealkylation sites (tertiary alicyclic amines) is 1.